The van der Waals surface area contributed by atoms with Gasteiger partial charge in [0.1, 0.15) is 12.4 Å². The van der Waals surface area contributed by atoms with Gasteiger partial charge < -0.3 is 4.74 Å². The number of aryl methyl sites for hydroxylation is 2. The lowest BCUT2D eigenvalue weighted by Crippen LogP contribution is -2.00. The zero-order chi connectivity index (χ0) is 13.8. The quantitative estimate of drug-likeness (QED) is 0.768. The van der Waals surface area contributed by atoms with Gasteiger partial charge >= 0.3 is 0 Å². The molecule has 0 amide bonds. The second kappa shape index (κ2) is 5.70. The summed E-state index contributed by atoms with van der Waals surface area (Å²) < 4.78 is 5.74. The molecule has 0 aliphatic carbocycles. The molecule has 0 saturated heterocycles. The second-order valence-corrected chi connectivity index (χ2v) is 4.81. The van der Waals surface area contributed by atoms with Crippen LogP contribution in [0.3, 0.4) is 0 Å². The zero-order valence-corrected chi connectivity index (χ0v) is 11.6. The Kier molecular flexibility index (Phi) is 4.00. The molecular weight excluding hydrogens is 236 g/mol. The molecular formula is C17H18O2. The molecule has 0 atom stereocenters. The Hall–Kier alpha value is -2.09. The highest BCUT2D eigenvalue weighted by Crippen LogP contribution is 2.19. The SMILES string of the molecule is CC(=O)c1cc(OCc2cccc(C)c2)ccc1C. The van der Waals surface area contributed by atoms with Crippen LogP contribution in [0.4, 0.5) is 0 Å². The van der Waals surface area contributed by atoms with Crippen molar-refractivity contribution >= 4 is 5.78 Å². The number of benzene rings is 2. The van der Waals surface area contributed by atoms with E-state index in [1.807, 2.05) is 37.3 Å². The van der Waals surface area contributed by atoms with Crippen molar-refractivity contribution < 1.29 is 9.53 Å². The molecule has 0 aromatic heterocycles. The average Bonchev–Trinajstić information content (AvgIpc) is 2.37. The molecule has 0 N–H and O–H groups in total. The van der Waals surface area contributed by atoms with E-state index in [-0.39, 0.29) is 5.78 Å². The van der Waals surface area contributed by atoms with Gasteiger partial charge in [0.15, 0.2) is 5.78 Å². The molecule has 98 valence electrons. The molecule has 19 heavy (non-hydrogen) atoms. The van der Waals surface area contributed by atoms with E-state index >= 15 is 0 Å². The summed E-state index contributed by atoms with van der Waals surface area (Å²) in [6.07, 6.45) is 0. The fourth-order valence-electron chi connectivity index (χ4n) is 2.04. The normalized spacial score (nSPS) is 10.3. The number of carbonyl (C=O) groups is 1. The maximum Gasteiger partial charge on any atom is 0.160 e. The predicted octanol–water partition coefficient (Wildman–Crippen LogP) is 4.09. The van der Waals surface area contributed by atoms with E-state index < -0.39 is 0 Å². The van der Waals surface area contributed by atoms with Crippen molar-refractivity contribution in [3.63, 3.8) is 0 Å². The molecule has 0 bridgehead atoms. The molecule has 0 fully saturated rings. The molecule has 2 rings (SSSR count). The fourth-order valence-corrected chi connectivity index (χ4v) is 2.04. The Morgan fingerprint density at radius 1 is 1.11 bits per heavy atom. The highest BCUT2D eigenvalue weighted by Gasteiger charge is 2.06. The lowest BCUT2D eigenvalue weighted by Gasteiger charge is -2.09. The summed E-state index contributed by atoms with van der Waals surface area (Å²) in [6, 6.07) is 13.8. The summed E-state index contributed by atoms with van der Waals surface area (Å²) in [5.41, 5.74) is 4.05. The summed E-state index contributed by atoms with van der Waals surface area (Å²) in [5.74, 6) is 0.802. The molecule has 0 aliphatic heterocycles. The first-order valence-electron chi connectivity index (χ1n) is 6.36. The predicted molar refractivity (Wildman–Crippen MR) is 76.7 cm³/mol. The third-order valence-electron chi connectivity index (χ3n) is 3.08. The van der Waals surface area contributed by atoms with Crippen molar-refractivity contribution in [2.45, 2.75) is 27.4 Å². The van der Waals surface area contributed by atoms with Crippen LogP contribution in [-0.2, 0) is 6.61 Å². The van der Waals surface area contributed by atoms with E-state index in [0.717, 1.165) is 22.4 Å². The first kappa shape index (κ1) is 13.3. The number of ether oxygens (including phenoxy) is 1. The Balaban J connectivity index is 2.12. The van der Waals surface area contributed by atoms with E-state index in [1.165, 1.54) is 5.56 Å². The summed E-state index contributed by atoms with van der Waals surface area (Å²) in [4.78, 5) is 11.5. The van der Waals surface area contributed by atoms with Crippen LogP contribution >= 0.6 is 0 Å². The van der Waals surface area contributed by atoms with Crippen LogP contribution < -0.4 is 4.74 Å². The van der Waals surface area contributed by atoms with Gasteiger partial charge in [-0.05, 0) is 44.0 Å². The van der Waals surface area contributed by atoms with Crippen molar-refractivity contribution in [3.8, 4) is 5.75 Å². The van der Waals surface area contributed by atoms with Gasteiger partial charge in [-0.1, -0.05) is 35.9 Å². The molecule has 0 radical (unpaired) electrons. The van der Waals surface area contributed by atoms with Crippen molar-refractivity contribution in [1.82, 2.24) is 0 Å². The van der Waals surface area contributed by atoms with Gasteiger partial charge in [-0.15, -0.1) is 0 Å². The lowest BCUT2D eigenvalue weighted by molar-refractivity contribution is 0.101. The lowest BCUT2D eigenvalue weighted by atomic mass is 10.1. The Bertz CT molecular complexity index is 600. The van der Waals surface area contributed by atoms with Crippen molar-refractivity contribution in [2.24, 2.45) is 0 Å². The molecule has 2 heteroatoms. The van der Waals surface area contributed by atoms with Gasteiger partial charge in [-0.25, -0.2) is 0 Å². The average molecular weight is 254 g/mol. The summed E-state index contributed by atoms with van der Waals surface area (Å²) >= 11 is 0. The first-order valence-corrected chi connectivity index (χ1v) is 6.36. The van der Waals surface area contributed by atoms with E-state index in [9.17, 15) is 4.79 Å². The highest BCUT2D eigenvalue weighted by atomic mass is 16.5. The van der Waals surface area contributed by atoms with Crippen LogP contribution in [0.15, 0.2) is 42.5 Å². The molecule has 2 aromatic rings. The van der Waals surface area contributed by atoms with Crippen molar-refractivity contribution in [1.29, 1.82) is 0 Å². The Morgan fingerprint density at radius 3 is 2.58 bits per heavy atom. The van der Waals surface area contributed by atoms with Gasteiger partial charge in [-0.3, -0.25) is 4.79 Å². The van der Waals surface area contributed by atoms with Gasteiger partial charge in [0, 0.05) is 5.56 Å². The van der Waals surface area contributed by atoms with Crippen molar-refractivity contribution in [2.75, 3.05) is 0 Å². The molecule has 0 unspecified atom stereocenters. The van der Waals surface area contributed by atoms with Crippen LogP contribution in [0.1, 0.15) is 34.0 Å². The first-order chi connectivity index (χ1) is 9.06. The van der Waals surface area contributed by atoms with Crippen LogP contribution in [0.5, 0.6) is 5.75 Å². The summed E-state index contributed by atoms with van der Waals surface area (Å²) in [5, 5.41) is 0. The van der Waals surface area contributed by atoms with Gasteiger partial charge in [-0.2, -0.15) is 0 Å². The van der Waals surface area contributed by atoms with Gasteiger partial charge in [0.05, 0.1) is 0 Å². The summed E-state index contributed by atoms with van der Waals surface area (Å²) in [6.45, 7) is 6.08. The van der Waals surface area contributed by atoms with Crippen LogP contribution in [0.2, 0.25) is 0 Å². The fraction of sp³-hybridized carbons (Fsp3) is 0.235. The molecule has 2 nitrogen and oxygen atoms in total. The maximum atomic E-state index is 11.5. The minimum atomic E-state index is 0.0681. The number of rotatable bonds is 4. The number of hydrogen-bond donors (Lipinski definition) is 0. The third kappa shape index (κ3) is 3.44. The van der Waals surface area contributed by atoms with Crippen LogP contribution in [0, 0.1) is 13.8 Å². The highest BCUT2D eigenvalue weighted by molar-refractivity contribution is 5.95. The Morgan fingerprint density at radius 2 is 1.89 bits per heavy atom. The number of ketones is 1. The number of hydrogen-bond acceptors (Lipinski definition) is 2. The minimum absolute atomic E-state index is 0.0681. The molecule has 2 aromatic carbocycles. The number of Topliss-reactive ketones (excluding diaryl/α,β-unsaturated/α-hetero) is 1. The van der Waals surface area contributed by atoms with Crippen LogP contribution in [0.25, 0.3) is 0 Å². The van der Waals surface area contributed by atoms with Gasteiger partial charge in [0.25, 0.3) is 0 Å². The summed E-state index contributed by atoms with van der Waals surface area (Å²) in [7, 11) is 0. The molecule has 0 heterocycles. The van der Waals surface area contributed by atoms with Gasteiger partial charge in [0.2, 0.25) is 0 Å². The van der Waals surface area contributed by atoms with Crippen molar-refractivity contribution in [3.05, 3.63) is 64.7 Å². The third-order valence-corrected chi connectivity index (χ3v) is 3.08. The monoisotopic (exact) mass is 254 g/mol. The second-order valence-electron chi connectivity index (χ2n) is 4.81. The largest absolute Gasteiger partial charge is 0.489 e. The smallest absolute Gasteiger partial charge is 0.160 e. The maximum absolute atomic E-state index is 11.5. The topological polar surface area (TPSA) is 26.3 Å². The van der Waals surface area contributed by atoms with E-state index in [2.05, 4.69) is 19.1 Å². The number of carbonyl (C=O) groups excluding carboxylic acids is 1. The molecule has 0 spiro atoms. The molecule has 0 saturated carbocycles. The van der Waals surface area contributed by atoms with Crippen LogP contribution in [-0.4, -0.2) is 5.78 Å². The van der Waals surface area contributed by atoms with E-state index in [4.69, 9.17) is 4.74 Å². The van der Waals surface area contributed by atoms with E-state index in [1.54, 1.807) is 6.92 Å². The van der Waals surface area contributed by atoms with E-state index in [0.29, 0.717) is 6.61 Å². The Labute approximate surface area is 114 Å². The minimum Gasteiger partial charge on any atom is -0.489 e. The molecule has 0 aliphatic rings. The standard InChI is InChI=1S/C17H18O2/c1-12-5-4-6-15(9-12)11-19-16-8-7-13(2)17(10-16)14(3)18/h4-10H,11H2,1-3H3. The zero-order valence-electron chi connectivity index (χ0n) is 11.6.